The highest BCUT2D eigenvalue weighted by atomic mass is 32.2. The summed E-state index contributed by atoms with van der Waals surface area (Å²) in [4.78, 5) is 1.25. The van der Waals surface area contributed by atoms with Crippen molar-refractivity contribution in [3.63, 3.8) is 0 Å². The predicted octanol–water partition coefficient (Wildman–Crippen LogP) is 2.38. The summed E-state index contributed by atoms with van der Waals surface area (Å²) in [5.41, 5.74) is 5.50. The minimum Gasteiger partial charge on any atom is -0.493 e. The van der Waals surface area contributed by atoms with Crippen LogP contribution in [-0.4, -0.2) is 19.4 Å². The summed E-state index contributed by atoms with van der Waals surface area (Å²) in [5, 5.41) is 0. The second-order valence-corrected chi connectivity index (χ2v) is 4.21. The first kappa shape index (κ1) is 11.4. The Morgan fingerprint density at radius 3 is 2.50 bits per heavy atom. The van der Waals surface area contributed by atoms with E-state index in [0.29, 0.717) is 19.1 Å². The number of hydrogen-bond donors (Lipinski definition) is 1. The van der Waals surface area contributed by atoms with Crippen molar-refractivity contribution in [1.29, 1.82) is 0 Å². The lowest BCUT2D eigenvalue weighted by Gasteiger charge is -2.10. The molecular weight excluding hydrogens is 194 g/mol. The maximum Gasteiger partial charge on any atom is 0.119 e. The Hall–Kier alpha value is -0.670. The zero-order valence-electron chi connectivity index (χ0n) is 8.69. The second kappa shape index (κ2) is 5.94. The van der Waals surface area contributed by atoms with Gasteiger partial charge in [-0.05, 0) is 37.1 Å². The average molecular weight is 211 g/mol. The van der Waals surface area contributed by atoms with E-state index in [-0.39, 0.29) is 0 Å². The third-order valence-electron chi connectivity index (χ3n) is 2.00. The van der Waals surface area contributed by atoms with Crippen LogP contribution in [0.3, 0.4) is 0 Å². The van der Waals surface area contributed by atoms with Gasteiger partial charge in [0.1, 0.15) is 5.75 Å². The fourth-order valence-electron chi connectivity index (χ4n) is 0.978. The van der Waals surface area contributed by atoms with E-state index in [2.05, 4.69) is 25.3 Å². The van der Waals surface area contributed by atoms with Crippen LogP contribution in [0.15, 0.2) is 29.2 Å². The van der Waals surface area contributed by atoms with Gasteiger partial charge in [0.05, 0.1) is 6.61 Å². The molecule has 0 aromatic heterocycles. The molecule has 78 valence electrons. The van der Waals surface area contributed by atoms with Crippen molar-refractivity contribution in [2.45, 2.75) is 11.8 Å². The molecule has 0 aliphatic carbocycles. The van der Waals surface area contributed by atoms with Gasteiger partial charge < -0.3 is 10.5 Å². The summed E-state index contributed by atoms with van der Waals surface area (Å²) in [6, 6.07) is 8.12. The molecule has 1 atom stereocenters. The van der Waals surface area contributed by atoms with E-state index in [1.54, 1.807) is 11.8 Å². The highest BCUT2D eigenvalue weighted by Gasteiger charge is 2.00. The molecule has 0 amide bonds. The standard InChI is InChI=1S/C11H17NOS/c1-9(7-12)8-13-10-3-5-11(14-2)6-4-10/h3-6,9H,7-8,12H2,1-2H3. The van der Waals surface area contributed by atoms with Gasteiger partial charge in [0.25, 0.3) is 0 Å². The molecule has 14 heavy (non-hydrogen) atoms. The minimum absolute atomic E-state index is 0.412. The van der Waals surface area contributed by atoms with Crippen molar-refractivity contribution in [3.8, 4) is 5.75 Å². The van der Waals surface area contributed by atoms with E-state index >= 15 is 0 Å². The van der Waals surface area contributed by atoms with Gasteiger partial charge in [0, 0.05) is 10.8 Å². The van der Waals surface area contributed by atoms with Crippen LogP contribution in [0, 0.1) is 5.92 Å². The first-order valence-electron chi connectivity index (χ1n) is 4.73. The molecule has 0 fully saturated rings. The molecule has 1 aromatic carbocycles. The smallest absolute Gasteiger partial charge is 0.119 e. The van der Waals surface area contributed by atoms with E-state index in [1.807, 2.05) is 12.1 Å². The maximum atomic E-state index is 5.57. The van der Waals surface area contributed by atoms with Crippen molar-refractivity contribution < 1.29 is 4.74 Å². The molecule has 0 heterocycles. The summed E-state index contributed by atoms with van der Waals surface area (Å²) < 4.78 is 5.57. The van der Waals surface area contributed by atoms with Gasteiger partial charge in [0.15, 0.2) is 0 Å². The van der Waals surface area contributed by atoms with E-state index in [4.69, 9.17) is 10.5 Å². The molecule has 0 aliphatic heterocycles. The molecule has 0 saturated carbocycles. The van der Waals surface area contributed by atoms with Gasteiger partial charge in [-0.15, -0.1) is 11.8 Å². The molecule has 1 rings (SSSR count). The Morgan fingerprint density at radius 1 is 1.36 bits per heavy atom. The van der Waals surface area contributed by atoms with Crippen LogP contribution in [0.25, 0.3) is 0 Å². The zero-order chi connectivity index (χ0) is 10.4. The van der Waals surface area contributed by atoms with Gasteiger partial charge in [-0.2, -0.15) is 0 Å². The SMILES string of the molecule is CSc1ccc(OCC(C)CN)cc1. The lowest BCUT2D eigenvalue weighted by Crippen LogP contribution is -2.18. The van der Waals surface area contributed by atoms with Gasteiger partial charge in [0.2, 0.25) is 0 Å². The minimum atomic E-state index is 0.412. The second-order valence-electron chi connectivity index (χ2n) is 3.33. The van der Waals surface area contributed by atoms with E-state index in [9.17, 15) is 0 Å². The van der Waals surface area contributed by atoms with Crippen molar-refractivity contribution in [2.75, 3.05) is 19.4 Å². The molecule has 0 saturated heterocycles. The number of rotatable bonds is 5. The third kappa shape index (κ3) is 3.60. The van der Waals surface area contributed by atoms with Crippen LogP contribution in [0.4, 0.5) is 0 Å². The van der Waals surface area contributed by atoms with Crippen LogP contribution in [0.5, 0.6) is 5.75 Å². The first-order chi connectivity index (χ1) is 6.76. The lowest BCUT2D eigenvalue weighted by molar-refractivity contribution is 0.264. The van der Waals surface area contributed by atoms with Crippen LogP contribution in [-0.2, 0) is 0 Å². The molecule has 0 spiro atoms. The summed E-state index contributed by atoms with van der Waals surface area (Å²) in [7, 11) is 0. The number of ether oxygens (including phenoxy) is 1. The summed E-state index contributed by atoms with van der Waals surface area (Å²) in [5.74, 6) is 1.33. The molecule has 2 nitrogen and oxygen atoms in total. The summed E-state index contributed by atoms with van der Waals surface area (Å²) in [6.45, 7) is 3.44. The Labute approximate surface area is 89.8 Å². The maximum absolute atomic E-state index is 5.57. The Bertz CT molecular complexity index is 260. The van der Waals surface area contributed by atoms with Crippen molar-refractivity contribution >= 4 is 11.8 Å². The van der Waals surface area contributed by atoms with Crippen LogP contribution < -0.4 is 10.5 Å². The third-order valence-corrected chi connectivity index (χ3v) is 2.74. The molecule has 0 aliphatic rings. The van der Waals surface area contributed by atoms with Gasteiger partial charge >= 0.3 is 0 Å². The Kier molecular flexibility index (Phi) is 4.84. The molecule has 0 bridgehead atoms. The monoisotopic (exact) mass is 211 g/mol. The molecule has 2 N–H and O–H groups in total. The number of benzene rings is 1. The molecule has 1 unspecified atom stereocenters. The van der Waals surface area contributed by atoms with Gasteiger partial charge in [-0.25, -0.2) is 0 Å². The van der Waals surface area contributed by atoms with Crippen LogP contribution in [0.2, 0.25) is 0 Å². The molecular formula is C11H17NOS. The summed E-state index contributed by atoms with van der Waals surface area (Å²) >= 11 is 1.73. The van der Waals surface area contributed by atoms with Crippen molar-refractivity contribution in [3.05, 3.63) is 24.3 Å². The Morgan fingerprint density at radius 2 is 2.00 bits per heavy atom. The van der Waals surface area contributed by atoms with Crippen molar-refractivity contribution in [1.82, 2.24) is 0 Å². The fourth-order valence-corrected chi connectivity index (χ4v) is 1.39. The first-order valence-corrected chi connectivity index (χ1v) is 5.95. The lowest BCUT2D eigenvalue weighted by atomic mass is 10.2. The van der Waals surface area contributed by atoms with Crippen molar-refractivity contribution in [2.24, 2.45) is 11.7 Å². The van der Waals surface area contributed by atoms with E-state index in [0.717, 1.165) is 5.75 Å². The van der Waals surface area contributed by atoms with Crippen LogP contribution in [0.1, 0.15) is 6.92 Å². The highest BCUT2D eigenvalue weighted by molar-refractivity contribution is 7.98. The quantitative estimate of drug-likeness (QED) is 0.759. The number of hydrogen-bond acceptors (Lipinski definition) is 3. The molecule has 0 radical (unpaired) electrons. The Balaban J connectivity index is 2.43. The number of nitrogens with two attached hydrogens (primary N) is 1. The molecule has 1 aromatic rings. The van der Waals surface area contributed by atoms with E-state index in [1.165, 1.54) is 4.90 Å². The fraction of sp³-hybridized carbons (Fsp3) is 0.455. The zero-order valence-corrected chi connectivity index (χ0v) is 9.51. The average Bonchev–Trinajstić information content (AvgIpc) is 2.26. The largest absolute Gasteiger partial charge is 0.493 e. The van der Waals surface area contributed by atoms with E-state index < -0.39 is 0 Å². The normalized spacial score (nSPS) is 12.5. The van der Waals surface area contributed by atoms with Crippen LogP contribution >= 0.6 is 11.8 Å². The van der Waals surface area contributed by atoms with Gasteiger partial charge in [-0.3, -0.25) is 0 Å². The predicted molar refractivity (Wildman–Crippen MR) is 61.9 cm³/mol. The molecule has 3 heteroatoms. The highest BCUT2D eigenvalue weighted by Crippen LogP contribution is 2.19. The van der Waals surface area contributed by atoms with Gasteiger partial charge in [-0.1, -0.05) is 6.92 Å². The topological polar surface area (TPSA) is 35.2 Å². The summed E-state index contributed by atoms with van der Waals surface area (Å²) in [6.07, 6.45) is 2.06. The number of thioether (sulfide) groups is 1.